The molecule has 0 bridgehead atoms. The van der Waals surface area contributed by atoms with Gasteiger partial charge in [-0.1, -0.05) is 6.07 Å². The Balaban J connectivity index is 1.60. The summed E-state index contributed by atoms with van der Waals surface area (Å²) in [4.78, 5) is 0.128. The number of hydrogen-bond donors (Lipinski definition) is 1. The van der Waals surface area contributed by atoms with Gasteiger partial charge >= 0.3 is 6.43 Å². The van der Waals surface area contributed by atoms with Gasteiger partial charge in [0.05, 0.1) is 18.1 Å². The lowest BCUT2D eigenvalue weighted by molar-refractivity contribution is 0.0705. The molecule has 0 aliphatic carbocycles. The number of sulfonamides is 1. The quantitative estimate of drug-likeness (QED) is 0.842. The maximum absolute atomic E-state index is 12.8. The Bertz CT molecular complexity index is 912. The predicted octanol–water partition coefficient (Wildman–Crippen LogP) is 1.17. The van der Waals surface area contributed by atoms with E-state index in [9.17, 15) is 17.2 Å². The molecule has 2 aromatic rings. The van der Waals surface area contributed by atoms with Gasteiger partial charge in [-0.15, -0.1) is 10.2 Å². The second-order valence-electron chi connectivity index (χ2n) is 6.09. The first-order chi connectivity index (χ1) is 12.4. The summed E-state index contributed by atoms with van der Waals surface area (Å²) in [5, 5.41) is 10.1. The van der Waals surface area contributed by atoms with E-state index in [1.165, 1.54) is 10.4 Å². The van der Waals surface area contributed by atoms with Crippen LogP contribution in [0.1, 0.15) is 17.9 Å². The molecule has 2 aliphatic heterocycles. The van der Waals surface area contributed by atoms with E-state index in [-0.39, 0.29) is 28.9 Å². The third-order valence-electron chi connectivity index (χ3n) is 4.33. The number of nitrogens with zero attached hydrogens (tertiary/aromatic N) is 3. The number of morpholine rings is 1. The topological polar surface area (TPSA) is 97.6 Å². The molecule has 1 atom stereocenters. The van der Waals surface area contributed by atoms with Crippen molar-refractivity contribution in [2.45, 2.75) is 23.9 Å². The molecule has 2 aliphatic rings. The largest absolute Gasteiger partial charge is 0.415 e. The van der Waals surface area contributed by atoms with E-state index < -0.39 is 22.3 Å². The van der Waals surface area contributed by atoms with Crippen LogP contribution >= 0.6 is 0 Å². The van der Waals surface area contributed by atoms with Gasteiger partial charge in [-0.2, -0.15) is 13.1 Å². The fourth-order valence-electron chi connectivity index (χ4n) is 3.06. The van der Waals surface area contributed by atoms with Crippen LogP contribution in [0.5, 0.6) is 0 Å². The minimum Gasteiger partial charge on any atom is -0.415 e. The van der Waals surface area contributed by atoms with Crippen LogP contribution < -0.4 is 5.32 Å². The van der Waals surface area contributed by atoms with Crippen LogP contribution in [0.4, 0.5) is 8.78 Å². The first-order valence-electron chi connectivity index (χ1n) is 8.01. The Kier molecular flexibility index (Phi) is 4.47. The predicted molar refractivity (Wildman–Crippen MR) is 84.9 cm³/mol. The van der Waals surface area contributed by atoms with E-state index in [1.54, 1.807) is 12.1 Å². The zero-order chi connectivity index (χ0) is 18.3. The Morgan fingerprint density at radius 3 is 2.88 bits per heavy atom. The van der Waals surface area contributed by atoms with Gasteiger partial charge in [-0.25, -0.2) is 8.42 Å². The van der Waals surface area contributed by atoms with E-state index in [1.807, 2.05) is 0 Å². The highest BCUT2D eigenvalue weighted by molar-refractivity contribution is 7.89. The molecule has 0 saturated carbocycles. The third-order valence-corrected chi connectivity index (χ3v) is 6.22. The van der Waals surface area contributed by atoms with Crippen LogP contribution in [-0.2, 0) is 21.3 Å². The first kappa shape index (κ1) is 17.5. The number of nitrogens with one attached hydrogen (secondary N) is 1. The number of fused-ring (bicyclic) bond motifs is 1. The van der Waals surface area contributed by atoms with Crippen molar-refractivity contribution in [2.24, 2.45) is 0 Å². The Morgan fingerprint density at radius 2 is 2.19 bits per heavy atom. The van der Waals surface area contributed by atoms with Gasteiger partial charge in [0.15, 0.2) is 0 Å². The van der Waals surface area contributed by atoms with Crippen molar-refractivity contribution < 1.29 is 26.4 Å². The highest BCUT2D eigenvalue weighted by Crippen LogP contribution is 2.34. The van der Waals surface area contributed by atoms with Crippen molar-refractivity contribution >= 4 is 10.0 Å². The molecule has 1 saturated heterocycles. The second-order valence-corrected chi connectivity index (χ2v) is 8.00. The standard InChI is InChI=1S/C15H16F2N4O4S/c16-13(17)15-20-19-14(25-15)9-1-2-10-6-21(26(22,23)12(10)5-9)7-11-8-24-4-3-18-11/h1-2,5,11,13,18H,3-4,6-8H2/t11-/m0/s1. The molecule has 0 spiro atoms. The Morgan fingerprint density at radius 1 is 1.35 bits per heavy atom. The molecule has 4 rings (SSSR count). The SMILES string of the molecule is O=S1(=O)c2cc(-c3nnc(C(F)F)o3)ccc2CN1C[C@H]1COCCN1. The number of ether oxygens (including phenoxy) is 1. The number of rotatable bonds is 4. The Labute approximate surface area is 148 Å². The molecule has 0 radical (unpaired) electrons. The molecule has 0 amide bonds. The van der Waals surface area contributed by atoms with E-state index in [0.717, 1.165) is 0 Å². The first-order valence-corrected chi connectivity index (χ1v) is 9.45. The summed E-state index contributed by atoms with van der Waals surface area (Å²) in [5.74, 6) is -0.938. The summed E-state index contributed by atoms with van der Waals surface area (Å²) in [7, 11) is -3.69. The lowest BCUT2D eigenvalue weighted by atomic mass is 10.1. The summed E-state index contributed by atoms with van der Waals surface area (Å²) in [5.41, 5.74) is 0.923. The molecule has 26 heavy (non-hydrogen) atoms. The van der Waals surface area contributed by atoms with Crippen LogP contribution in [0.15, 0.2) is 27.5 Å². The average Bonchev–Trinajstić information content (AvgIpc) is 3.20. The summed E-state index contributed by atoms with van der Waals surface area (Å²) >= 11 is 0. The van der Waals surface area contributed by atoms with Gasteiger partial charge < -0.3 is 14.5 Å². The van der Waals surface area contributed by atoms with Crippen molar-refractivity contribution in [3.05, 3.63) is 29.7 Å². The van der Waals surface area contributed by atoms with Crippen LogP contribution in [0.3, 0.4) is 0 Å². The Hall–Kier alpha value is -1.95. The van der Waals surface area contributed by atoms with Crippen LogP contribution in [0.25, 0.3) is 11.5 Å². The average molecular weight is 386 g/mol. The summed E-state index contributed by atoms with van der Waals surface area (Å²) in [6.07, 6.45) is -2.88. The van der Waals surface area contributed by atoms with Gasteiger partial charge in [-0.05, 0) is 17.7 Å². The molecule has 140 valence electrons. The third kappa shape index (κ3) is 3.11. The molecule has 3 heterocycles. The fraction of sp³-hybridized carbons (Fsp3) is 0.467. The van der Waals surface area contributed by atoms with Crippen molar-refractivity contribution in [1.82, 2.24) is 19.8 Å². The molecule has 1 fully saturated rings. The van der Waals surface area contributed by atoms with E-state index in [2.05, 4.69) is 15.5 Å². The number of halogens is 2. The normalized spacial score (nSPS) is 22.7. The summed E-state index contributed by atoms with van der Waals surface area (Å²) < 4.78 is 62.5. The number of benzene rings is 1. The number of alkyl halides is 2. The van der Waals surface area contributed by atoms with Gasteiger partial charge in [0.1, 0.15) is 0 Å². The zero-order valence-electron chi connectivity index (χ0n) is 13.6. The summed E-state index contributed by atoms with van der Waals surface area (Å²) in [6.45, 7) is 2.29. The van der Waals surface area contributed by atoms with E-state index >= 15 is 0 Å². The van der Waals surface area contributed by atoms with E-state index in [0.29, 0.717) is 31.9 Å². The van der Waals surface area contributed by atoms with E-state index in [4.69, 9.17) is 9.15 Å². The highest BCUT2D eigenvalue weighted by atomic mass is 32.2. The van der Waals surface area contributed by atoms with Gasteiger partial charge in [0.2, 0.25) is 15.9 Å². The zero-order valence-corrected chi connectivity index (χ0v) is 14.4. The van der Waals surface area contributed by atoms with Crippen molar-refractivity contribution in [3.8, 4) is 11.5 Å². The summed E-state index contributed by atoms with van der Waals surface area (Å²) in [6, 6.07) is 4.54. The minimum absolute atomic E-state index is 0.0724. The molecule has 1 N–H and O–H groups in total. The molecule has 11 heteroatoms. The number of aromatic nitrogens is 2. The van der Waals surface area contributed by atoms with Crippen molar-refractivity contribution in [3.63, 3.8) is 0 Å². The van der Waals surface area contributed by atoms with Gasteiger partial charge in [0.25, 0.3) is 5.89 Å². The molecule has 1 aromatic heterocycles. The smallest absolute Gasteiger partial charge is 0.314 e. The molecular weight excluding hydrogens is 370 g/mol. The van der Waals surface area contributed by atoms with Gasteiger partial charge in [0, 0.05) is 31.2 Å². The van der Waals surface area contributed by atoms with Crippen molar-refractivity contribution in [2.75, 3.05) is 26.3 Å². The number of hydrogen-bond acceptors (Lipinski definition) is 7. The van der Waals surface area contributed by atoms with Crippen LogP contribution in [0, 0.1) is 0 Å². The fourth-order valence-corrected chi connectivity index (χ4v) is 4.76. The minimum atomic E-state index is -3.69. The lowest BCUT2D eigenvalue weighted by Crippen LogP contribution is -2.48. The highest BCUT2D eigenvalue weighted by Gasteiger charge is 2.36. The molecule has 0 unspecified atom stereocenters. The van der Waals surface area contributed by atoms with Crippen LogP contribution in [0.2, 0.25) is 0 Å². The second kappa shape index (κ2) is 6.65. The maximum atomic E-state index is 12.8. The van der Waals surface area contributed by atoms with Gasteiger partial charge in [-0.3, -0.25) is 0 Å². The maximum Gasteiger partial charge on any atom is 0.314 e. The molecule has 8 nitrogen and oxygen atoms in total. The lowest BCUT2D eigenvalue weighted by Gasteiger charge is -2.27. The monoisotopic (exact) mass is 386 g/mol. The molecular formula is C15H16F2N4O4S. The molecule has 1 aromatic carbocycles. The van der Waals surface area contributed by atoms with Crippen molar-refractivity contribution in [1.29, 1.82) is 0 Å². The van der Waals surface area contributed by atoms with Crippen LogP contribution in [-0.4, -0.2) is 55.3 Å².